The second-order valence-electron chi connectivity index (χ2n) is 6.24. The Bertz CT molecular complexity index is 1060. The fourth-order valence-corrected chi connectivity index (χ4v) is 2.90. The lowest BCUT2D eigenvalue weighted by Crippen LogP contribution is -2.30. The lowest BCUT2D eigenvalue weighted by Gasteiger charge is -2.09. The van der Waals surface area contributed by atoms with Gasteiger partial charge in [0.2, 0.25) is 0 Å². The first-order valence-electron chi connectivity index (χ1n) is 8.93. The average molecular weight is 394 g/mol. The SMILES string of the molecule is CCc1ccc(/C=N\NC(=O)c2cccn(Cc3ccccc3Cl)c2=O)cc1. The molecule has 2 aromatic carbocycles. The number of pyridine rings is 1. The Morgan fingerprint density at radius 1 is 1.11 bits per heavy atom. The lowest BCUT2D eigenvalue weighted by atomic mass is 10.1. The molecule has 0 aliphatic rings. The summed E-state index contributed by atoms with van der Waals surface area (Å²) in [6, 6.07) is 18.3. The Morgan fingerprint density at radius 2 is 1.86 bits per heavy atom. The zero-order valence-electron chi connectivity index (χ0n) is 15.4. The van der Waals surface area contributed by atoms with E-state index >= 15 is 0 Å². The summed E-state index contributed by atoms with van der Waals surface area (Å²) in [4.78, 5) is 25.0. The van der Waals surface area contributed by atoms with Crippen LogP contribution in [0.5, 0.6) is 0 Å². The molecule has 0 radical (unpaired) electrons. The molecule has 3 aromatic rings. The highest BCUT2D eigenvalue weighted by atomic mass is 35.5. The molecule has 28 heavy (non-hydrogen) atoms. The minimum atomic E-state index is -0.556. The Kier molecular flexibility index (Phi) is 6.40. The van der Waals surface area contributed by atoms with Crippen LogP contribution >= 0.6 is 11.6 Å². The van der Waals surface area contributed by atoms with Crippen LogP contribution < -0.4 is 11.0 Å². The molecule has 0 unspecified atom stereocenters. The molecule has 0 saturated carbocycles. The largest absolute Gasteiger partial charge is 0.310 e. The van der Waals surface area contributed by atoms with E-state index in [0.717, 1.165) is 17.5 Å². The van der Waals surface area contributed by atoms with Crippen molar-refractivity contribution in [3.63, 3.8) is 0 Å². The molecule has 0 bridgehead atoms. The summed E-state index contributed by atoms with van der Waals surface area (Å²) in [5.74, 6) is -0.556. The molecule has 6 heteroatoms. The van der Waals surface area contributed by atoms with Crippen LogP contribution in [0.1, 0.15) is 34.0 Å². The number of amides is 1. The highest BCUT2D eigenvalue weighted by Crippen LogP contribution is 2.15. The van der Waals surface area contributed by atoms with Crippen molar-refractivity contribution in [2.75, 3.05) is 0 Å². The van der Waals surface area contributed by atoms with Gasteiger partial charge >= 0.3 is 0 Å². The highest BCUT2D eigenvalue weighted by Gasteiger charge is 2.12. The van der Waals surface area contributed by atoms with Crippen molar-refractivity contribution in [2.45, 2.75) is 19.9 Å². The number of carbonyl (C=O) groups is 1. The molecule has 0 saturated heterocycles. The number of benzene rings is 2. The molecule has 1 N–H and O–H groups in total. The quantitative estimate of drug-likeness (QED) is 0.510. The Hall–Kier alpha value is -3.18. The summed E-state index contributed by atoms with van der Waals surface area (Å²) in [5, 5.41) is 4.52. The molecule has 0 aliphatic heterocycles. The molecular formula is C22H20ClN3O2. The van der Waals surface area contributed by atoms with Gasteiger partial charge in [0.1, 0.15) is 5.56 Å². The van der Waals surface area contributed by atoms with Crippen molar-refractivity contribution in [1.29, 1.82) is 0 Å². The van der Waals surface area contributed by atoms with E-state index in [1.54, 1.807) is 24.5 Å². The molecule has 1 amide bonds. The van der Waals surface area contributed by atoms with Gasteiger partial charge in [-0.1, -0.05) is 61.0 Å². The lowest BCUT2D eigenvalue weighted by molar-refractivity contribution is 0.0953. The van der Waals surface area contributed by atoms with Crippen LogP contribution in [0.4, 0.5) is 0 Å². The van der Waals surface area contributed by atoms with Gasteiger partial charge in [-0.25, -0.2) is 5.43 Å². The summed E-state index contributed by atoms with van der Waals surface area (Å²) in [6.45, 7) is 2.37. The Balaban J connectivity index is 1.72. The second-order valence-corrected chi connectivity index (χ2v) is 6.65. The first kappa shape index (κ1) is 19.6. The molecule has 0 atom stereocenters. The van der Waals surface area contributed by atoms with Crippen molar-refractivity contribution in [1.82, 2.24) is 9.99 Å². The molecule has 0 aliphatic carbocycles. The normalized spacial score (nSPS) is 10.9. The van der Waals surface area contributed by atoms with Gasteiger partial charge in [-0.3, -0.25) is 9.59 Å². The third-order valence-corrected chi connectivity index (χ3v) is 4.70. The van der Waals surface area contributed by atoms with Crippen LogP contribution in [-0.4, -0.2) is 16.7 Å². The van der Waals surface area contributed by atoms with E-state index in [4.69, 9.17) is 11.6 Å². The van der Waals surface area contributed by atoms with Crippen molar-refractivity contribution in [3.05, 3.63) is 104 Å². The van der Waals surface area contributed by atoms with Crippen LogP contribution in [0.15, 0.2) is 76.8 Å². The summed E-state index contributed by atoms with van der Waals surface area (Å²) < 4.78 is 1.45. The third-order valence-electron chi connectivity index (χ3n) is 4.33. The van der Waals surface area contributed by atoms with E-state index in [9.17, 15) is 9.59 Å². The number of nitrogens with one attached hydrogen (secondary N) is 1. The zero-order chi connectivity index (χ0) is 19.9. The van der Waals surface area contributed by atoms with Crippen LogP contribution in [-0.2, 0) is 13.0 Å². The fourth-order valence-electron chi connectivity index (χ4n) is 2.71. The number of rotatable bonds is 6. The third kappa shape index (κ3) is 4.75. The minimum absolute atomic E-state index is 0.0213. The Morgan fingerprint density at radius 3 is 2.57 bits per heavy atom. The molecule has 3 rings (SSSR count). The summed E-state index contributed by atoms with van der Waals surface area (Å²) in [5.41, 5.74) is 4.92. The van der Waals surface area contributed by atoms with E-state index in [1.807, 2.05) is 42.5 Å². The molecule has 0 fully saturated rings. The topological polar surface area (TPSA) is 63.5 Å². The number of hydrogen-bond acceptors (Lipinski definition) is 3. The molecule has 1 heterocycles. The van der Waals surface area contributed by atoms with Crippen molar-refractivity contribution in [2.24, 2.45) is 5.10 Å². The van der Waals surface area contributed by atoms with Gasteiger partial charge in [0.15, 0.2) is 0 Å². The van der Waals surface area contributed by atoms with E-state index in [2.05, 4.69) is 17.5 Å². The zero-order valence-corrected chi connectivity index (χ0v) is 16.2. The predicted molar refractivity (Wildman–Crippen MR) is 112 cm³/mol. The van der Waals surface area contributed by atoms with Gasteiger partial charge in [0.05, 0.1) is 12.8 Å². The van der Waals surface area contributed by atoms with Crippen molar-refractivity contribution >= 4 is 23.7 Å². The van der Waals surface area contributed by atoms with Crippen LogP contribution in [0.2, 0.25) is 5.02 Å². The Labute approximate surface area is 168 Å². The average Bonchev–Trinajstić information content (AvgIpc) is 2.71. The molecule has 5 nitrogen and oxygen atoms in total. The molecule has 1 aromatic heterocycles. The highest BCUT2D eigenvalue weighted by molar-refractivity contribution is 6.31. The first-order chi connectivity index (χ1) is 13.6. The maximum absolute atomic E-state index is 12.6. The number of halogens is 1. The number of aryl methyl sites for hydroxylation is 1. The summed E-state index contributed by atoms with van der Waals surface area (Å²) in [7, 11) is 0. The number of aromatic nitrogens is 1. The number of nitrogens with zero attached hydrogens (tertiary/aromatic N) is 2. The number of carbonyl (C=O) groups excluding carboxylic acids is 1. The number of hydrazone groups is 1. The summed E-state index contributed by atoms with van der Waals surface area (Å²) in [6.07, 6.45) is 4.13. The first-order valence-corrected chi connectivity index (χ1v) is 9.31. The van der Waals surface area contributed by atoms with Gasteiger partial charge in [-0.2, -0.15) is 5.10 Å². The van der Waals surface area contributed by atoms with Crippen molar-refractivity contribution < 1.29 is 4.79 Å². The van der Waals surface area contributed by atoms with Gasteiger partial charge in [-0.15, -0.1) is 0 Å². The van der Waals surface area contributed by atoms with Gasteiger partial charge in [0, 0.05) is 11.2 Å². The maximum atomic E-state index is 12.6. The second kappa shape index (κ2) is 9.15. The molecule has 0 spiro atoms. The van der Waals surface area contributed by atoms with Gasteiger partial charge in [0.25, 0.3) is 11.5 Å². The maximum Gasteiger partial charge on any atom is 0.276 e. The summed E-state index contributed by atoms with van der Waals surface area (Å²) >= 11 is 6.16. The number of hydrogen-bond donors (Lipinski definition) is 1. The van der Waals surface area contributed by atoms with E-state index < -0.39 is 11.5 Å². The van der Waals surface area contributed by atoms with Crippen LogP contribution in [0.25, 0.3) is 0 Å². The molecular weight excluding hydrogens is 374 g/mol. The monoisotopic (exact) mass is 393 g/mol. The smallest absolute Gasteiger partial charge is 0.276 e. The van der Waals surface area contributed by atoms with Crippen LogP contribution in [0.3, 0.4) is 0 Å². The van der Waals surface area contributed by atoms with E-state index in [-0.39, 0.29) is 12.1 Å². The van der Waals surface area contributed by atoms with Gasteiger partial charge < -0.3 is 4.57 Å². The standard InChI is InChI=1S/C22H20ClN3O2/c1-2-16-9-11-17(12-10-16)14-24-25-21(27)19-7-5-13-26(22(19)28)15-18-6-3-4-8-20(18)23/h3-14H,2,15H2,1H3,(H,25,27)/b24-14-. The minimum Gasteiger partial charge on any atom is -0.310 e. The van der Waals surface area contributed by atoms with Crippen LogP contribution in [0, 0.1) is 0 Å². The van der Waals surface area contributed by atoms with Crippen molar-refractivity contribution in [3.8, 4) is 0 Å². The fraction of sp³-hybridized carbons (Fsp3) is 0.136. The van der Waals surface area contributed by atoms with E-state index in [1.165, 1.54) is 16.2 Å². The van der Waals surface area contributed by atoms with E-state index in [0.29, 0.717) is 5.02 Å². The molecule has 142 valence electrons. The van der Waals surface area contributed by atoms with Gasteiger partial charge in [-0.05, 0) is 41.3 Å². The predicted octanol–water partition coefficient (Wildman–Crippen LogP) is 3.88.